The summed E-state index contributed by atoms with van der Waals surface area (Å²) in [6, 6.07) is 0.841. The van der Waals surface area contributed by atoms with Gasteiger partial charge in [-0.1, -0.05) is 15.9 Å². The molecule has 6 heteroatoms. The van der Waals surface area contributed by atoms with Crippen molar-refractivity contribution in [3.63, 3.8) is 0 Å². The molecular weight excluding hydrogens is 290 g/mol. The monoisotopic (exact) mass is 301 g/mol. The van der Waals surface area contributed by atoms with E-state index in [1.807, 2.05) is 6.92 Å². The van der Waals surface area contributed by atoms with Gasteiger partial charge in [0.05, 0.1) is 0 Å². The Morgan fingerprint density at radius 3 is 3.00 bits per heavy atom. The second-order valence-electron chi connectivity index (χ2n) is 3.86. The molecule has 17 heavy (non-hydrogen) atoms. The van der Waals surface area contributed by atoms with Gasteiger partial charge in [-0.3, -0.25) is 4.79 Å². The number of carboxylic acid groups (broad SMARTS) is 1. The minimum absolute atomic E-state index is 0.192. The highest BCUT2D eigenvalue weighted by atomic mass is 79.9. The lowest BCUT2D eigenvalue weighted by Gasteiger charge is -2.12. The van der Waals surface area contributed by atoms with E-state index in [1.54, 1.807) is 6.07 Å². The Bertz CT molecular complexity index is 475. The molecule has 1 unspecified atom stereocenters. The van der Waals surface area contributed by atoms with Gasteiger partial charge in [0.2, 0.25) is 6.79 Å². The SMILES string of the molecule is Cc1c(Br)c(CC(N)C(=O)O)cc2c1OCO2. The fourth-order valence-electron chi connectivity index (χ4n) is 1.72. The van der Waals surface area contributed by atoms with Gasteiger partial charge in [-0.25, -0.2) is 0 Å². The minimum atomic E-state index is -1.02. The van der Waals surface area contributed by atoms with Crippen molar-refractivity contribution in [1.29, 1.82) is 0 Å². The summed E-state index contributed by atoms with van der Waals surface area (Å²) in [7, 11) is 0. The Labute approximate surface area is 107 Å². The van der Waals surface area contributed by atoms with Crippen molar-refractivity contribution >= 4 is 21.9 Å². The molecule has 92 valence electrons. The molecule has 1 aliphatic rings. The average molecular weight is 302 g/mol. The number of ether oxygens (including phenoxy) is 2. The molecule has 1 aromatic carbocycles. The molecular formula is C11H12BrNO4. The second-order valence-corrected chi connectivity index (χ2v) is 4.65. The van der Waals surface area contributed by atoms with Crippen LogP contribution in [0.3, 0.4) is 0 Å². The zero-order valence-corrected chi connectivity index (χ0v) is 10.8. The van der Waals surface area contributed by atoms with Gasteiger partial charge in [0.1, 0.15) is 6.04 Å². The summed E-state index contributed by atoms with van der Waals surface area (Å²) in [4.78, 5) is 10.7. The van der Waals surface area contributed by atoms with Crippen LogP contribution >= 0.6 is 15.9 Å². The first kappa shape index (κ1) is 12.2. The molecule has 1 atom stereocenters. The number of fused-ring (bicyclic) bond motifs is 1. The smallest absolute Gasteiger partial charge is 0.320 e. The second kappa shape index (κ2) is 4.54. The maximum atomic E-state index is 10.7. The molecule has 1 aromatic rings. The normalized spacial score (nSPS) is 14.8. The Balaban J connectivity index is 2.36. The topological polar surface area (TPSA) is 81.8 Å². The van der Waals surface area contributed by atoms with Crippen molar-refractivity contribution in [2.75, 3.05) is 6.79 Å². The first-order chi connectivity index (χ1) is 8.00. The number of carboxylic acids is 1. The third-order valence-corrected chi connectivity index (χ3v) is 3.76. The first-order valence-electron chi connectivity index (χ1n) is 5.06. The van der Waals surface area contributed by atoms with Crippen LogP contribution in [0.4, 0.5) is 0 Å². The lowest BCUT2D eigenvalue weighted by molar-refractivity contribution is -0.138. The van der Waals surface area contributed by atoms with Crippen molar-refractivity contribution < 1.29 is 19.4 Å². The number of hydrogen-bond acceptors (Lipinski definition) is 4. The highest BCUT2D eigenvalue weighted by Gasteiger charge is 2.22. The molecule has 2 rings (SSSR count). The van der Waals surface area contributed by atoms with E-state index in [4.69, 9.17) is 20.3 Å². The fourth-order valence-corrected chi connectivity index (χ4v) is 2.18. The maximum absolute atomic E-state index is 10.7. The van der Waals surface area contributed by atoms with Crippen LogP contribution in [0.25, 0.3) is 0 Å². The van der Waals surface area contributed by atoms with Gasteiger partial charge in [0, 0.05) is 10.0 Å². The molecule has 0 bridgehead atoms. The van der Waals surface area contributed by atoms with Gasteiger partial charge in [0.25, 0.3) is 0 Å². The van der Waals surface area contributed by atoms with E-state index >= 15 is 0 Å². The summed E-state index contributed by atoms with van der Waals surface area (Å²) in [5.41, 5.74) is 7.22. The zero-order valence-electron chi connectivity index (χ0n) is 9.20. The van der Waals surface area contributed by atoms with Gasteiger partial charge in [-0.05, 0) is 25.0 Å². The van der Waals surface area contributed by atoms with E-state index in [0.717, 1.165) is 15.6 Å². The van der Waals surface area contributed by atoms with Crippen LogP contribution in [0.15, 0.2) is 10.5 Å². The summed E-state index contributed by atoms with van der Waals surface area (Å²) in [5, 5.41) is 8.80. The van der Waals surface area contributed by atoms with Gasteiger partial charge in [-0.15, -0.1) is 0 Å². The van der Waals surface area contributed by atoms with Crippen LogP contribution in [0.5, 0.6) is 11.5 Å². The third-order valence-electron chi connectivity index (χ3n) is 2.66. The predicted molar refractivity (Wildman–Crippen MR) is 64.3 cm³/mol. The number of hydrogen-bond donors (Lipinski definition) is 2. The van der Waals surface area contributed by atoms with E-state index in [9.17, 15) is 4.79 Å². The highest BCUT2D eigenvalue weighted by molar-refractivity contribution is 9.10. The fraction of sp³-hybridized carbons (Fsp3) is 0.364. The molecule has 1 heterocycles. The Kier molecular flexibility index (Phi) is 3.26. The maximum Gasteiger partial charge on any atom is 0.320 e. The summed E-state index contributed by atoms with van der Waals surface area (Å²) < 4.78 is 11.4. The number of halogens is 1. The van der Waals surface area contributed by atoms with Crippen LogP contribution in [0.2, 0.25) is 0 Å². The third kappa shape index (κ3) is 2.23. The van der Waals surface area contributed by atoms with Crippen molar-refractivity contribution in [3.8, 4) is 11.5 Å². The molecule has 0 fully saturated rings. The molecule has 3 N–H and O–H groups in total. The molecule has 0 amide bonds. The summed E-state index contributed by atoms with van der Waals surface area (Å²) in [5.74, 6) is 0.315. The lowest BCUT2D eigenvalue weighted by Crippen LogP contribution is -2.32. The summed E-state index contributed by atoms with van der Waals surface area (Å²) in [6.45, 7) is 2.07. The van der Waals surface area contributed by atoms with Crippen molar-refractivity contribution in [2.45, 2.75) is 19.4 Å². The molecule has 1 aliphatic heterocycles. The van der Waals surface area contributed by atoms with E-state index in [1.165, 1.54) is 0 Å². The summed E-state index contributed by atoms with van der Waals surface area (Å²) >= 11 is 3.43. The molecule has 0 saturated carbocycles. The highest BCUT2D eigenvalue weighted by Crippen LogP contribution is 2.41. The molecule has 0 aliphatic carbocycles. The number of benzene rings is 1. The van der Waals surface area contributed by atoms with Gasteiger partial charge < -0.3 is 20.3 Å². The summed E-state index contributed by atoms with van der Waals surface area (Å²) in [6.07, 6.45) is 0.243. The Hall–Kier alpha value is -1.27. The van der Waals surface area contributed by atoms with Crippen molar-refractivity contribution in [1.82, 2.24) is 0 Å². The standard InChI is InChI=1S/C11H12BrNO4/c1-5-9(12)6(2-7(13)11(14)15)3-8-10(5)17-4-16-8/h3,7H,2,4,13H2,1H3,(H,14,15). The molecule has 0 aromatic heterocycles. The number of rotatable bonds is 3. The molecule has 0 radical (unpaired) electrons. The van der Waals surface area contributed by atoms with Gasteiger partial charge in [0.15, 0.2) is 11.5 Å². The predicted octanol–water partition coefficient (Wildman–Crippen LogP) is 1.44. The van der Waals surface area contributed by atoms with Crippen LogP contribution in [-0.2, 0) is 11.2 Å². The van der Waals surface area contributed by atoms with E-state index in [-0.39, 0.29) is 13.2 Å². The van der Waals surface area contributed by atoms with Crippen LogP contribution in [0, 0.1) is 6.92 Å². The Morgan fingerprint density at radius 2 is 2.35 bits per heavy atom. The molecule has 0 spiro atoms. The molecule has 0 saturated heterocycles. The number of carbonyl (C=O) groups is 1. The number of nitrogens with two attached hydrogens (primary N) is 1. The largest absolute Gasteiger partial charge is 0.480 e. The van der Waals surface area contributed by atoms with Gasteiger partial charge in [-0.2, -0.15) is 0 Å². The van der Waals surface area contributed by atoms with E-state index in [2.05, 4.69) is 15.9 Å². The van der Waals surface area contributed by atoms with E-state index < -0.39 is 12.0 Å². The average Bonchev–Trinajstić information content (AvgIpc) is 2.73. The number of aliphatic carboxylic acids is 1. The zero-order chi connectivity index (χ0) is 12.6. The molecule has 5 nitrogen and oxygen atoms in total. The van der Waals surface area contributed by atoms with E-state index in [0.29, 0.717) is 11.5 Å². The van der Waals surface area contributed by atoms with Crippen LogP contribution < -0.4 is 15.2 Å². The lowest BCUT2D eigenvalue weighted by atomic mass is 10.0. The minimum Gasteiger partial charge on any atom is -0.480 e. The van der Waals surface area contributed by atoms with Crippen molar-refractivity contribution in [3.05, 3.63) is 21.7 Å². The van der Waals surface area contributed by atoms with Crippen LogP contribution in [0.1, 0.15) is 11.1 Å². The first-order valence-corrected chi connectivity index (χ1v) is 5.86. The van der Waals surface area contributed by atoms with Crippen molar-refractivity contribution in [2.24, 2.45) is 5.73 Å². The quantitative estimate of drug-likeness (QED) is 0.883. The Morgan fingerprint density at radius 1 is 1.65 bits per heavy atom. The van der Waals surface area contributed by atoms with Gasteiger partial charge >= 0.3 is 5.97 Å². The van der Waals surface area contributed by atoms with Crippen LogP contribution in [-0.4, -0.2) is 23.9 Å².